The second kappa shape index (κ2) is 7.31. The molecule has 0 aromatic heterocycles. The summed E-state index contributed by atoms with van der Waals surface area (Å²) in [4.78, 5) is 12.9. The number of hydrogen-bond donors (Lipinski definition) is 2. The molecule has 2 fully saturated rings. The predicted molar refractivity (Wildman–Crippen MR) is 96.4 cm³/mol. The zero-order valence-corrected chi connectivity index (χ0v) is 15.9. The lowest BCUT2D eigenvalue weighted by molar-refractivity contribution is -0.134. The Hall–Kier alpha value is -1.27. The van der Waals surface area contributed by atoms with E-state index in [0.717, 1.165) is 42.4 Å². The van der Waals surface area contributed by atoms with Gasteiger partial charge < -0.3 is 20.1 Å². The number of methoxy groups -OCH3 is 2. The fourth-order valence-corrected chi connectivity index (χ4v) is 4.77. The van der Waals surface area contributed by atoms with Crippen LogP contribution in [-0.2, 0) is 11.3 Å². The SMILES string of the molecule is COc1cc(CNC(=O)[C@@]23CCCC[C@H]2CNC3)cc(Br)c1OC. The Morgan fingerprint density at radius 2 is 2.21 bits per heavy atom. The van der Waals surface area contributed by atoms with E-state index in [1.807, 2.05) is 12.1 Å². The molecule has 2 atom stereocenters. The van der Waals surface area contributed by atoms with Gasteiger partial charge in [0.2, 0.25) is 5.91 Å². The summed E-state index contributed by atoms with van der Waals surface area (Å²) in [6, 6.07) is 3.87. The number of rotatable bonds is 5. The average Bonchev–Trinajstić information content (AvgIpc) is 3.04. The van der Waals surface area contributed by atoms with Crippen LogP contribution in [0.4, 0.5) is 0 Å². The largest absolute Gasteiger partial charge is 0.493 e. The number of carbonyl (C=O) groups excluding carboxylic acids is 1. The summed E-state index contributed by atoms with van der Waals surface area (Å²) in [6.45, 7) is 2.26. The molecule has 1 aromatic rings. The summed E-state index contributed by atoms with van der Waals surface area (Å²) in [5.74, 6) is 1.98. The molecule has 1 aliphatic carbocycles. The zero-order valence-electron chi connectivity index (χ0n) is 14.3. The molecule has 2 N–H and O–H groups in total. The minimum atomic E-state index is -0.216. The molecule has 0 unspecified atom stereocenters. The van der Waals surface area contributed by atoms with Crippen LogP contribution in [0.25, 0.3) is 0 Å². The number of amides is 1. The fourth-order valence-electron chi connectivity index (χ4n) is 4.12. The highest BCUT2D eigenvalue weighted by atomic mass is 79.9. The van der Waals surface area contributed by atoms with Crippen molar-refractivity contribution in [3.05, 3.63) is 22.2 Å². The molecule has 24 heavy (non-hydrogen) atoms. The third kappa shape index (κ3) is 3.14. The Kier molecular flexibility index (Phi) is 5.35. The van der Waals surface area contributed by atoms with Gasteiger partial charge in [-0.05, 0) is 58.9 Å². The Morgan fingerprint density at radius 3 is 2.96 bits per heavy atom. The van der Waals surface area contributed by atoms with Crippen LogP contribution in [-0.4, -0.2) is 33.2 Å². The van der Waals surface area contributed by atoms with Gasteiger partial charge >= 0.3 is 0 Å². The number of ether oxygens (including phenoxy) is 2. The van der Waals surface area contributed by atoms with Crippen LogP contribution in [0.15, 0.2) is 16.6 Å². The van der Waals surface area contributed by atoms with Gasteiger partial charge in [0.05, 0.1) is 24.1 Å². The highest BCUT2D eigenvalue weighted by Gasteiger charge is 2.49. The van der Waals surface area contributed by atoms with Gasteiger partial charge in [-0.3, -0.25) is 4.79 Å². The third-order valence-electron chi connectivity index (χ3n) is 5.44. The molecule has 3 rings (SSSR count). The molecule has 5 nitrogen and oxygen atoms in total. The van der Waals surface area contributed by atoms with E-state index in [4.69, 9.17) is 9.47 Å². The second-order valence-corrected chi connectivity index (χ2v) is 7.58. The van der Waals surface area contributed by atoms with Crippen LogP contribution >= 0.6 is 15.9 Å². The van der Waals surface area contributed by atoms with Crippen molar-refractivity contribution in [1.29, 1.82) is 0 Å². The normalized spacial score (nSPS) is 25.9. The van der Waals surface area contributed by atoms with Gasteiger partial charge in [0, 0.05) is 13.1 Å². The van der Waals surface area contributed by atoms with Gasteiger partial charge in [0.1, 0.15) is 0 Å². The van der Waals surface area contributed by atoms with Crippen LogP contribution in [0, 0.1) is 11.3 Å². The highest BCUT2D eigenvalue weighted by molar-refractivity contribution is 9.10. The van der Waals surface area contributed by atoms with Gasteiger partial charge in [0.25, 0.3) is 0 Å². The first kappa shape index (κ1) is 17.5. The summed E-state index contributed by atoms with van der Waals surface area (Å²) in [6.07, 6.45) is 4.53. The van der Waals surface area contributed by atoms with Gasteiger partial charge in [0.15, 0.2) is 11.5 Å². The van der Waals surface area contributed by atoms with E-state index < -0.39 is 0 Å². The van der Waals surface area contributed by atoms with Gasteiger partial charge in [-0.2, -0.15) is 0 Å². The summed E-state index contributed by atoms with van der Waals surface area (Å²) < 4.78 is 11.5. The van der Waals surface area contributed by atoms with Crippen LogP contribution < -0.4 is 20.1 Å². The third-order valence-corrected chi connectivity index (χ3v) is 6.03. The highest BCUT2D eigenvalue weighted by Crippen LogP contribution is 2.44. The molecule has 1 aromatic carbocycles. The van der Waals surface area contributed by atoms with Crippen molar-refractivity contribution < 1.29 is 14.3 Å². The molecule has 0 spiro atoms. The molecular formula is C18H25BrN2O3. The van der Waals surface area contributed by atoms with Crippen molar-refractivity contribution in [2.75, 3.05) is 27.3 Å². The van der Waals surface area contributed by atoms with Crippen molar-refractivity contribution >= 4 is 21.8 Å². The lowest BCUT2D eigenvalue weighted by Crippen LogP contribution is -2.47. The van der Waals surface area contributed by atoms with Crippen LogP contribution in [0.3, 0.4) is 0 Å². The van der Waals surface area contributed by atoms with Crippen molar-refractivity contribution in [3.8, 4) is 11.5 Å². The first-order valence-corrected chi connectivity index (χ1v) is 9.29. The van der Waals surface area contributed by atoms with Crippen LogP contribution in [0.2, 0.25) is 0 Å². The number of carbonyl (C=O) groups is 1. The lowest BCUT2D eigenvalue weighted by Gasteiger charge is -2.37. The first-order chi connectivity index (χ1) is 11.6. The molecule has 1 amide bonds. The number of nitrogens with one attached hydrogen (secondary N) is 2. The molecular weight excluding hydrogens is 372 g/mol. The van der Waals surface area contributed by atoms with Gasteiger partial charge in [-0.1, -0.05) is 12.8 Å². The monoisotopic (exact) mass is 396 g/mol. The molecule has 1 aliphatic heterocycles. The standard InChI is InChI=1S/C18H25BrN2O3/c1-23-15-8-12(7-14(19)16(15)24-2)9-21-17(22)18-6-4-3-5-13(18)10-20-11-18/h7-8,13,20H,3-6,9-11H2,1-2H3,(H,21,22)/t13-,18+/m0/s1. The number of hydrogen-bond acceptors (Lipinski definition) is 4. The summed E-state index contributed by atoms with van der Waals surface area (Å²) in [7, 11) is 3.22. The van der Waals surface area contributed by atoms with Crippen LogP contribution in [0.5, 0.6) is 11.5 Å². The maximum atomic E-state index is 12.9. The van der Waals surface area contributed by atoms with Gasteiger partial charge in [-0.25, -0.2) is 0 Å². The second-order valence-electron chi connectivity index (χ2n) is 6.73. The van der Waals surface area contributed by atoms with E-state index in [2.05, 4.69) is 26.6 Å². The summed E-state index contributed by atoms with van der Waals surface area (Å²) >= 11 is 3.50. The van der Waals surface area contributed by atoms with E-state index in [9.17, 15) is 4.79 Å². The predicted octanol–water partition coefficient (Wildman–Crippen LogP) is 2.86. The summed E-state index contributed by atoms with van der Waals surface area (Å²) in [5, 5.41) is 6.57. The quantitative estimate of drug-likeness (QED) is 0.803. The zero-order chi connectivity index (χ0) is 17.2. The van der Waals surface area contributed by atoms with Crippen molar-refractivity contribution in [2.24, 2.45) is 11.3 Å². The van der Waals surface area contributed by atoms with E-state index in [-0.39, 0.29) is 11.3 Å². The minimum absolute atomic E-state index is 0.183. The number of halogens is 1. The van der Waals surface area contributed by atoms with Crippen LogP contribution in [0.1, 0.15) is 31.2 Å². The van der Waals surface area contributed by atoms with E-state index >= 15 is 0 Å². The lowest BCUT2D eigenvalue weighted by atomic mass is 9.67. The van der Waals surface area contributed by atoms with Gasteiger partial charge in [-0.15, -0.1) is 0 Å². The van der Waals surface area contributed by atoms with E-state index in [0.29, 0.717) is 24.0 Å². The number of fused-ring (bicyclic) bond motifs is 1. The maximum Gasteiger partial charge on any atom is 0.228 e. The molecule has 1 saturated carbocycles. The smallest absolute Gasteiger partial charge is 0.228 e. The summed E-state index contributed by atoms with van der Waals surface area (Å²) in [5.41, 5.74) is 0.772. The Balaban J connectivity index is 1.71. The van der Waals surface area contributed by atoms with Crippen molar-refractivity contribution in [2.45, 2.75) is 32.2 Å². The van der Waals surface area contributed by atoms with Crippen molar-refractivity contribution in [3.63, 3.8) is 0 Å². The van der Waals surface area contributed by atoms with E-state index in [1.165, 1.54) is 6.42 Å². The molecule has 2 aliphatic rings. The molecule has 0 radical (unpaired) electrons. The first-order valence-electron chi connectivity index (χ1n) is 8.50. The molecule has 132 valence electrons. The Labute approximate surface area is 151 Å². The van der Waals surface area contributed by atoms with E-state index in [1.54, 1.807) is 14.2 Å². The molecule has 0 bridgehead atoms. The van der Waals surface area contributed by atoms with Crippen molar-refractivity contribution in [1.82, 2.24) is 10.6 Å². The maximum absolute atomic E-state index is 12.9. The molecule has 1 heterocycles. The topological polar surface area (TPSA) is 59.6 Å². The Bertz CT molecular complexity index is 623. The molecule has 1 saturated heterocycles. The minimum Gasteiger partial charge on any atom is -0.493 e. The molecule has 6 heteroatoms. The average molecular weight is 397 g/mol. The fraction of sp³-hybridized carbons (Fsp3) is 0.611. The Morgan fingerprint density at radius 1 is 1.38 bits per heavy atom. The number of benzene rings is 1.